The van der Waals surface area contributed by atoms with E-state index < -0.39 is 5.41 Å². The van der Waals surface area contributed by atoms with Crippen LogP contribution < -0.4 is 10.1 Å². The fourth-order valence-electron chi connectivity index (χ4n) is 2.98. The van der Waals surface area contributed by atoms with Gasteiger partial charge in [-0.3, -0.25) is 4.79 Å². The van der Waals surface area contributed by atoms with Crippen molar-refractivity contribution in [3.63, 3.8) is 0 Å². The van der Waals surface area contributed by atoms with Gasteiger partial charge in [0, 0.05) is 0 Å². The van der Waals surface area contributed by atoms with Crippen LogP contribution in [-0.2, 0) is 10.2 Å². The molecule has 1 amide bonds. The van der Waals surface area contributed by atoms with Crippen LogP contribution in [0.4, 0.5) is 4.39 Å². The molecule has 1 aliphatic carbocycles. The average Bonchev–Trinajstić information content (AvgIpc) is 2.52. The third kappa shape index (κ3) is 3.36. The Labute approximate surface area is 135 Å². The van der Waals surface area contributed by atoms with Crippen molar-refractivity contribution >= 4 is 5.91 Å². The van der Waals surface area contributed by atoms with E-state index in [0.717, 1.165) is 30.6 Å². The third-order valence-electron chi connectivity index (χ3n) is 4.42. The minimum Gasteiger partial charge on any atom is -0.492 e. The van der Waals surface area contributed by atoms with Crippen molar-refractivity contribution in [1.29, 1.82) is 0 Å². The van der Waals surface area contributed by atoms with Crippen molar-refractivity contribution in [3.05, 3.63) is 66.0 Å². The van der Waals surface area contributed by atoms with Gasteiger partial charge >= 0.3 is 0 Å². The van der Waals surface area contributed by atoms with Gasteiger partial charge in [-0.15, -0.1) is 0 Å². The highest BCUT2D eigenvalue weighted by Crippen LogP contribution is 2.44. The van der Waals surface area contributed by atoms with Gasteiger partial charge in [0.25, 0.3) is 0 Å². The van der Waals surface area contributed by atoms with E-state index in [0.29, 0.717) is 13.2 Å². The van der Waals surface area contributed by atoms with Gasteiger partial charge in [0.1, 0.15) is 18.2 Å². The summed E-state index contributed by atoms with van der Waals surface area (Å²) in [5.41, 5.74) is 0.194. The van der Waals surface area contributed by atoms with E-state index >= 15 is 0 Å². The number of carbonyl (C=O) groups excluding carboxylic acids is 1. The monoisotopic (exact) mass is 313 g/mol. The normalized spacial score (nSPS) is 15.5. The maximum Gasteiger partial charge on any atom is 0.230 e. The SMILES string of the molecule is O=C(NCCOc1ccccc1)C1(c2cccc(F)c2)CCC1. The van der Waals surface area contributed by atoms with Crippen molar-refractivity contribution in [3.8, 4) is 5.75 Å². The summed E-state index contributed by atoms with van der Waals surface area (Å²) < 4.78 is 19.0. The molecule has 0 aromatic heterocycles. The van der Waals surface area contributed by atoms with Gasteiger partial charge in [0.15, 0.2) is 0 Å². The first-order valence-corrected chi connectivity index (χ1v) is 7.93. The average molecular weight is 313 g/mol. The Bertz CT molecular complexity index is 668. The van der Waals surface area contributed by atoms with Crippen LogP contribution in [0, 0.1) is 5.82 Å². The summed E-state index contributed by atoms with van der Waals surface area (Å²) in [4.78, 5) is 12.6. The first-order valence-electron chi connectivity index (χ1n) is 7.93. The summed E-state index contributed by atoms with van der Waals surface area (Å²) >= 11 is 0. The summed E-state index contributed by atoms with van der Waals surface area (Å²) in [6, 6.07) is 15.9. The molecule has 120 valence electrons. The fraction of sp³-hybridized carbons (Fsp3) is 0.316. The first-order chi connectivity index (χ1) is 11.2. The number of para-hydroxylation sites is 1. The molecule has 0 bridgehead atoms. The highest BCUT2D eigenvalue weighted by molar-refractivity contribution is 5.89. The van der Waals surface area contributed by atoms with E-state index in [2.05, 4.69) is 5.32 Å². The van der Waals surface area contributed by atoms with Crippen LogP contribution in [0.2, 0.25) is 0 Å². The third-order valence-corrected chi connectivity index (χ3v) is 4.42. The number of carbonyl (C=O) groups is 1. The number of nitrogens with one attached hydrogen (secondary N) is 1. The van der Waals surface area contributed by atoms with Gasteiger partial charge in [-0.25, -0.2) is 4.39 Å². The number of hydrogen-bond donors (Lipinski definition) is 1. The molecule has 2 aromatic rings. The van der Waals surface area contributed by atoms with E-state index in [-0.39, 0.29) is 11.7 Å². The Kier molecular flexibility index (Phi) is 4.60. The highest BCUT2D eigenvalue weighted by atomic mass is 19.1. The molecule has 0 unspecified atom stereocenters. The molecule has 1 aliphatic rings. The van der Waals surface area contributed by atoms with Crippen LogP contribution >= 0.6 is 0 Å². The molecule has 2 aromatic carbocycles. The molecule has 0 aliphatic heterocycles. The predicted octanol–water partition coefficient (Wildman–Crippen LogP) is 3.44. The number of benzene rings is 2. The van der Waals surface area contributed by atoms with Crippen molar-refractivity contribution in [2.75, 3.05) is 13.2 Å². The zero-order valence-corrected chi connectivity index (χ0v) is 12.9. The van der Waals surface area contributed by atoms with E-state index in [4.69, 9.17) is 4.74 Å². The molecule has 3 nitrogen and oxygen atoms in total. The molecular formula is C19H20FNO2. The van der Waals surface area contributed by atoms with Crippen molar-refractivity contribution in [2.45, 2.75) is 24.7 Å². The smallest absolute Gasteiger partial charge is 0.230 e. The second-order valence-corrected chi connectivity index (χ2v) is 5.86. The van der Waals surface area contributed by atoms with Crippen molar-refractivity contribution in [2.24, 2.45) is 0 Å². The molecular weight excluding hydrogens is 293 g/mol. The maximum atomic E-state index is 13.5. The minimum atomic E-state index is -0.575. The Hall–Kier alpha value is -2.36. The lowest BCUT2D eigenvalue weighted by Crippen LogP contribution is -2.50. The summed E-state index contributed by atoms with van der Waals surface area (Å²) in [6.07, 6.45) is 2.52. The van der Waals surface area contributed by atoms with E-state index in [1.807, 2.05) is 36.4 Å². The molecule has 3 rings (SSSR count). The fourth-order valence-corrected chi connectivity index (χ4v) is 2.98. The van der Waals surface area contributed by atoms with Crippen LogP contribution in [-0.4, -0.2) is 19.1 Å². The van der Waals surface area contributed by atoms with Crippen LogP contribution in [0.25, 0.3) is 0 Å². The lowest BCUT2D eigenvalue weighted by Gasteiger charge is -2.40. The molecule has 4 heteroatoms. The topological polar surface area (TPSA) is 38.3 Å². The first kappa shape index (κ1) is 15.5. The molecule has 23 heavy (non-hydrogen) atoms. The molecule has 0 heterocycles. The Balaban J connectivity index is 1.56. The van der Waals surface area contributed by atoms with E-state index in [1.165, 1.54) is 12.1 Å². The zero-order chi connectivity index (χ0) is 16.1. The Morgan fingerprint density at radius 3 is 2.57 bits per heavy atom. The van der Waals surface area contributed by atoms with Gasteiger partial charge in [-0.05, 0) is 42.7 Å². The quantitative estimate of drug-likeness (QED) is 0.830. The Morgan fingerprint density at radius 2 is 1.91 bits per heavy atom. The summed E-state index contributed by atoms with van der Waals surface area (Å²) in [5.74, 6) is 0.449. The molecule has 0 radical (unpaired) electrons. The maximum absolute atomic E-state index is 13.5. The van der Waals surface area contributed by atoms with Crippen LogP contribution in [0.3, 0.4) is 0 Å². The molecule has 1 saturated carbocycles. The summed E-state index contributed by atoms with van der Waals surface area (Å²) in [7, 11) is 0. The number of ether oxygens (including phenoxy) is 1. The van der Waals surface area contributed by atoms with Gasteiger partial charge in [-0.2, -0.15) is 0 Å². The lowest BCUT2D eigenvalue weighted by molar-refractivity contribution is -0.130. The van der Waals surface area contributed by atoms with Gasteiger partial charge in [0.05, 0.1) is 12.0 Å². The molecule has 0 saturated heterocycles. The van der Waals surface area contributed by atoms with Crippen LogP contribution in [0.15, 0.2) is 54.6 Å². The van der Waals surface area contributed by atoms with Gasteiger partial charge in [0.2, 0.25) is 5.91 Å². The van der Waals surface area contributed by atoms with Crippen LogP contribution in [0.5, 0.6) is 5.75 Å². The number of rotatable bonds is 6. The second kappa shape index (κ2) is 6.82. The number of halogens is 1. The minimum absolute atomic E-state index is 0.0361. The number of amides is 1. The molecule has 1 fully saturated rings. The highest BCUT2D eigenvalue weighted by Gasteiger charge is 2.45. The van der Waals surface area contributed by atoms with Crippen molar-refractivity contribution < 1.29 is 13.9 Å². The lowest BCUT2D eigenvalue weighted by atomic mass is 9.64. The molecule has 0 atom stereocenters. The summed E-state index contributed by atoms with van der Waals surface area (Å²) in [5, 5.41) is 2.93. The predicted molar refractivity (Wildman–Crippen MR) is 86.9 cm³/mol. The van der Waals surface area contributed by atoms with Gasteiger partial charge in [-0.1, -0.05) is 36.8 Å². The van der Waals surface area contributed by atoms with Crippen LogP contribution in [0.1, 0.15) is 24.8 Å². The molecule has 1 N–H and O–H groups in total. The van der Waals surface area contributed by atoms with E-state index in [9.17, 15) is 9.18 Å². The largest absolute Gasteiger partial charge is 0.492 e. The zero-order valence-electron chi connectivity index (χ0n) is 12.9. The van der Waals surface area contributed by atoms with E-state index in [1.54, 1.807) is 6.07 Å². The second-order valence-electron chi connectivity index (χ2n) is 5.86. The van der Waals surface area contributed by atoms with Crippen molar-refractivity contribution in [1.82, 2.24) is 5.32 Å². The summed E-state index contributed by atoms with van der Waals surface area (Å²) in [6.45, 7) is 0.847. The van der Waals surface area contributed by atoms with Gasteiger partial charge < -0.3 is 10.1 Å². The molecule has 0 spiro atoms. The Morgan fingerprint density at radius 1 is 1.13 bits per heavy atom. The number of hydrogen-bond acceptors (Lipinski definition) is 2. The standard InChI is InChI=1S/C19H20FNO2/c20-16-7-4-6-15(14-16)19(10-5-11-19)18(22)21-12-13-23-17-8-2-1-3-9-17/h1-4,6-9,14H,5,10-13H2,(H,21,22).